The first-order chi connectivity index (χ1) is 7.77. The van der Waals surface area contributed by atoms with E-state index in [1.165, 1.54) is 7.11 Å². The number of nitrogens with one attached hydrogen (secondary N) is 1. The lowest BCUT2D eigenvalue weighted by Crippen LogP contribution is -2.14. The smallest absolute Gasteiger partial charge is 0.160 e. The molecule has 1 rings (SSSR count). The monoisotopic (exact) mass is 225 g/mol. The predicted octanol–water partition coefficient (Wildman–Crippen LogP) is 1.26. The highest BCUT2D eigenvalue weighted by Gasteiger charge is 2.01. The highest BCUT2D eigenvalue weighted by molar-refractivity contribution is 5.41. The van der Waals surface area contributed by atoms with Crippen molar-refractivity contribution in [3.63, 3.8) is 0 Å². The number of hydrogen-bond acceptors (Lipinski definition) is 4. The van der Waals surface area contributed by atoms with Gasteiger partial charge >= 0.3 is 0 Å². The van der Waals surface area contributed by atoms with Gasteiger partial charge in [0.2, 0.25) is 0 Å². The van der Waals surface area contributed by atoms with E-state index in [-0.39, 0.29) is 12.4 Å². The zero-order valence-electron chi connectivity index (χ0n) is 9.57. The van der Waals surface area contributed by atoms with Crippen LogP contribution in [0.2, 0.25) is 0 Å². The third kappa shape index (κ3) is 4.08. The summed E-state index contributed by atoms with van der Waals surface area (Å²) in [5.74, 6) is 0.654. The summed E-state index contributed by atoms with van der Waals surface area (Å²) in [6, 6.07) is 5.36. The van der Waals surface area contributed by atoms with Crippen molar-refractivity contribution in [2.45, 2.75) is 19.4 Å². The van der Waals surface area contributed by atoms with Crippen molar-refractivity contribution in [2.75, 3.05) is 20.3 Å². The summed E-state index contributed by atoms with van der Waals surface area (Å²) in [6.07, 6.45) is 1.78. The van der Waals surface area contributed by atoms with Gasteiger partial charge in [-0.05, 0) is 37.1 Å². The Morgan fingerprint density at radius 3 is 2.75 bits per heavy atom. The second kappa shape index (κ2) is 7.09. The van der Waals surface area contributed by atoms with Crippen LogP contribution in [0, 0.1) is 0 Å². The summed E-state index contributed by atoms with van der Waals surface area (Å²) in [6.45, 7) is 1.82. The molecule has 1 aromatic carbocycles. The molecule has 0 aliphatic heterocycles. The third-order valence-corrected chi connectivity index (χ3v) is 2.33. The number of methoxy groups -OCH3 is 1. The molecule has 0 aromatic heterocycles. The minimum absolute atomic E-state index is 0.164. The molecule has 0 spiro atoms. The summed E-state index contributed by atoms with van der Waals surface area (Å²) < 4.78 is 4.96. The Hall–Kier alpha value is -1.26. The quantitative estimate of drug-likeness (QED) is 0.611. The number of unbranched alkanes of at least 4 members (excludes halogenated alkanes) is 1. The Morgan fingerprint density at radius 1 is 1.31 bits per heavy atom. The molecule has 90 valence electrons. The summed E-state index contributed by atoms with van der Waals surface area (Å²) >= 11 is 0. The maximum atomic E-state index is 9.55. The van der Waals surface area contributed by atoms with Crippen LogP contribution in [-0.2, 0) is 6.54 Å². The summed E-state index contributed by atoms with van der Waals surface area (Å²) in [5, 5.41) is 21.4. The van der Waals surface area contributed by atoms with E-state index in [9.17, 15) is 5.11 Å². The highest BCUT2D eigenvalue weighted by Crippen LogP contribution is 2.25. The van der Waals surface area contributed by atoms with E-state index in [0.29, 0.717) is 12.3 Å². The SMILES string of the molecule is COc1ccc(CNCCCCO)cc1O. The minimum atomic E-state index is 0.164. The lowest BCUT2D eigenvalue weighted by Gasteiger charge is -2.07. The molecule has 16 heavy (non-hydrogen) atoms. The largest absolute Gasteiger partial charge is 0.504 e. The molecule has 0 amide bonds. The lowest BCUT2D eigenvalue weighted by molar-refractivity contribution is 0.283. The van der Waals surface area contributed by atoms with Gasteiger partial charge in [-0.3, -0.25) is 0 Å². The van der Waals surface area contributed by atoms with E-state index in [0.717, 1.165) is 24.9 Å². The number of hydrogen-bond donors (Lipinski definition) is 3. The molecule has 4 nitrogen and oxygen atoms in total. The van der Waals surface area contributed by atoms with E-state index >= 15 is 0 Å². The van der Waals surface area contributed by atoms with Crippen molar-refractivity contribution >= 4 is 0 Å². The van der Waals surface area contributed by atoms with Gasteiger partial charge in [0.15, 0.2) is 11.5 Å². The summed E-state index contributed by atoms with van der Waals surface area (Å²) in [4.78, 5) is 0. The first-order valence-electron chi connectivity index (χ1n) is 5.45. The van der Waals surface area contributed by atoms with Crippen LogP contribution >= 0.6 is 0 Å². The first-order valence-corrected chi connectivity index (χ1v) is 5.45. The number of ether oxygens (including phenoxy) is 1. The van der Waals surface area contributed by atoms with Crippen LogP contribution < -0.4 is 10.1 Å². The molecule has 0 bridgehead atoms. The zero-order valence-corrected chi connectivity index (χ0v) is 9.57. The Balaban J connectivity index is 2.34. The van der Waals surface area contributed by atoms with E-state index < -0.39 is 0 Å². The second-order valence-corrected chi connectivity index (χ2v) is 3.61. The fraction of sp³-hybridized carbons (Fsp3) is 0.500. The normalized spacial score (nSPS) is 10.4. The minimum Gasteiger partial charge on any atom is -0.504 e. The van der Waals surface area contributed by atoms with Crippen LogP contribution in [0.5, 0.6) is 11.5 Å². The van der Waals surface area contributed by atoms with Gasteiger partial charge < -0.3 is 20.3 Å². The third-order valence-electron chi connectivity index (χ3n) is 2.33. The molecular weight excluding hydrogens is 206 g/mol. The van der Waals surface area contributed by atoms with Crippen LogP contribution in [0.25, 0.3) is 0 Å². The van der Waals surface area contributed by atoms with E-state index in [1.54, 1.807) is 12.1 Å². The standard InChI is InChI=1S/C12H19NO3/c1-16-12-5-4-10(8-11(12)15)9-13-6-2-3-7-14/h4-5,8,13-15H,2-3,6-7,9H2,1H3. The molecule has 1 aromatic rings. The first kappa shape index (κ1) is 12.8. The van der Waals surface area contributed by atoms with Crippen molar-refractivity contribution in [3.8, 4) is 11.5 Å². The van der Waals surface area contributed by atoms with Crippen molar-refractivity contribution in [1.29, 1.82) is 0 Å². The average molecular weight is 225 g/mol. The molecule has 0 fully saturated rings. The maximum absolute atomic E-state index is 9.55. The Kier molecular flexibility index (Phi) is 5.67. The molecule has 0 aliphatic carbocycles. The van der Waals surface area contributed by atoms with E-state index in [2.05, 4.69) is 5.32 Å². The van der Waals surface area contributed by atoms with Gasteiger partial charge in [0.05, 0.1) is 7.11 Å². The molecule has 0 atom stereocenters. The van der Waals surface area contributed by atoms with Gasteiger partial charge in [-0.15, -0.1) is 0 Å². The number of aliphatic hydroxyl groups is 1. The summed E-state index contributed by atoms with van der Waals surface area (Å²) in [5.41, 5.74) is 1.02. The molecular formula is C12H19NO3. The predicted molar refractivity (Wildman–Crippen MR) is 62.7 cm³/mol. The molecule has 0 saturated carbocycles. The molecule has 0 saturated heterocycles. The zero-order chi connectivity index (χ0) is 11.8. The van der Waals surface area contributed by atoms with Gasteiger partial charge in [-0.2, -0.15) is 0 Å². The average Bonchev–Trinajstić information content (AvgIpc) is 2.29. The number of aromatic hydroxyl groups is 1. The van der Waals surface area contributed by atoms with Gasteiger partial charge in [0.1, 0.15) is 0 Å². The number of rotatable bonds is 7. The Labute approximate surface area is 95.9 Å². The number of phenolic OH excluding ortho intramolecular Hbond substituents is 1. The Morgan fingerprint density at radius 2 is 2.12 bits per heavy atom. The van der Waals surface area contributed by atoms with Gasteiger partial charge in [0, 0.05) is 13.2 Å². The molecule has 3 N–H and O–H groups in total. The number of aliphatic hydroxyl groups excluding tert-OH is 1. The molecule has 0 radical (unpaired) electrons. The molecule has 0 aliphatic rings. The molecule has 0 unspecified atom stereocenters. The molecule has 0 heterocycles. The van der Waals surface area contributed by atoms with Gasteiger partial charge in [0.25, 0.3) is 0 Å². The highest BCUT2D eigenvalue weighted by atomic mass is 16.5. The maximum Gasteiger partial charge on any atom is 0.160 e. The van der Waals surface area contributed by atoms with Crippen molar-refractivity contribution in [3.05, 3.63) is 23.8 Å². The van der Waals surface area contributed by atoms with Gasteiger partial charge in [-0.1, -0.05) is 6.07 Å². The lowest BCUT2D eigenvalue weighted by atomic mass is 10.2. The van der Waals surface area contributed by atoms with Crippen LogP contribution in [0.15, 0.2) is 18.2 Å². The van der Waals surface area contributed by atoms with Gasteiger partial charge in [-0.25, -0.2) is 0 Å². The summed E-state index contributed by atoms with van der Waals surface area (Å²) in [7, 11) is 1.53. The van der Waals surface area contributed by atoms with Crippen LogP contribution in [0.4, 0.5) is 0 Å². The van der Waals surface area contributed by atoms with Crippen LogP contribution in [0.3, 0.4) is 0 Å². The fourth-order valence-corrected chi connectivity index (χ4v) is 1.44. The van der Waals surface area contributed by atoms with Crippen molar-refractivity contribution in [2.24, 2.45) is 0 Å². The number of benzene rings is 1. The molecule has 4 heteroatoms. The van der Waals surface area contributed by atoms with Crippen molar-refractivity contribution < 1.29 is 14.9 Å². The van der Waals surface area contributed by atoms with Crippen LogP contribution in [0.1, 0.15) is 18.4 Å². The number of phenols is 1. The second-order valence-electron chi connectivity index (χ2n) is 3.61. The topological polar surface area (TPSA) is 61.7 Å². The van der Waals surface area contributed by atoms with Crippen LogP contribution in [-0.4, -0.2) is 30.5 Å². The Bertz CT molecular complexity index is 315. The fourth-order valence-electron chi connectivity index (χ4n) is 1.44. The van der Waals surface area contributed by atoms with E-state index in [4.69, 9.17) is 9.84 Å². The van der Waals surface area contributed by atoms with Crippen molar-refractivity contribution in [1.82, 2.24) is 5.32 Å². The van der Waals surface area contributed by atoms with E-state index in [1.807, 2.05) is 6.07 Å².